The Bertz CT molecular complexity index is 3890. The summed E-state index contributed by atoms with van der Waals surface area (Å²) in [6.07, 6.45) is 19.0. The average molecular weight is 1840 g/mol. The van der Waals surface area contributed by atoms with Crippen LogP contribution in [0.1, 0.15) is 382 Å². The molecular weight excluding hydrogens is 1670 g/mol. The van der Waals surface area contributed by atoms with Crippen molar-refractivity contribution in [1.82, 2.24) is 31.9 Å². The van der Waals surface area contributed by atoms with E-state index in [1.807, 2.05) is 19.9 Å². The molecule has 4 aromatic carbocycles. The largest absolute Gasteiger partial charge is 0.481 e. The van der Waals surface area contributed by atoms with Crippen LogP contribution < -0.4 is 31.9 Å². The lowest BCUT2D eigenvalue weighted by atomic mass is 9.78. The van der Waals surface area contributed by atoms with Crippen molar-refractivity contribution in [3.63, 3.8) is 0 Å². The molecule has 23 nitrogen and oxygen atoms in total. The van der Waals surface area contributed by atoms with Gasteiger partial charge in [0.1, 0.15) is 5.56 Å². The second-order valence-electron chi connectivity index (χ2n) is 39.1. The van der Waals surface area contributed by atoms with Gasteiger partial charge in [0, 0.05) is 69.8 Å². The molecule has 6 amide bonds. The third-order valence-electron chi connectivity index (χ3n) is 21.2. The molecule has 130 heavy (non-hydrogen) atoms. The molecule has 2 saturated carbocycles. The van der Waals surface area contributed by atoms with Gasteiger partial charge in [-0.1, -0.05) is 207 Å². The summed E-state index contributed by atoms with van der Waals surface area (Å²) in [7, 11) is 0. The van der Waals surface area contributed by atoms with E-state index in [4.69, 9.17) is 30.3 Å². The summed E-state index contributed by atoms with van der Waals surface area (Å²) in [5.41, 5.74) is 0.258. The summed E-state index contributed by atoms with van der Waals surface area (Å²) < 4.78 is 58.9. The molecule has 4 aromatic rings. The van der Waals surface area contributed by atoms with Gasteiger partial charge in [-0.3, -0.25) is 38.4 Å². The summed E-state index contributed by atoms with van der Waals surface area (Å²) >= 11 is 0. The summed E-state index contributed by atoms with van der Waals surface area (Å²) in [5.74, 6) is -11.0. The van der Waals surface area contributed by atoms with E-state index in [2.05, 4.69) is 208 Å². The van der Waals surface area contributed by atoms with Crippen LogP contribution in [0.4, 0.5) is 17.6 Å². The number of amides is 6. The molecule has 0 radical (unpaired) electrons. The van der Waals surface area contributed by atoms with Crippen LogP contribution >= 0.6 is 0 Å². The Hall–Kier alpha value is -9.27. The highest BCUT2D eigenvalue weighted by molar-refractivity contribution is 6.05. The number of carboxylic acid groups (broad SMARTS) is 5. The molecule has 27 heteroatoms. The summed E-state index contributed by atoms with van der Waals surface area (Å²) in [4.78, 5) is 124. The molecule has 6 rings (SSSR count). The third-order valence-corrected chi connectivity index (χ3v) is 21.2. The Morgan fingerprint density at radius 2 is 0.723 bits per heavy atom. The monoisotopic (exact) mass is 1840 g/mol. The van der Waals surface area contributed by atoms with E-state index in [-0.39, 0.29) is 70.6 Å². The maximum Gasteiger partial charge on any atom is 0.339 e. The molecule has 0 heterocycles. The van der Waals surface area contributed by atoms with E-state index in [9.17, 15) is 70.3 Å². The predicted octanol–water partition coefficient (Wildman–Crippen LogP) is 23.0. The number of rotatable bonds is 38. The van der Waals surface area contributed by atoms with Crippen LogP contribution in [0.25, 0.3) is 0 Å². The number of hydrogen-bond acceptors (Lipinski definition) is 12. The van der Waals surface area contributed by atoms with Crippen LogP contribution in [0.3, 0.4) is 0 Å². The number of aliphatic carboxylic acids is 2. The molecule has 2 atom stereocenters. The SMILES string of the molecule is CC(=O)NCCCCC(C)C.CC(C)C(C)(C)C.CC(C)CCCNC(=O)C1CCC(C(=O)O)CC1.CC(C)CCCNC(=O)C1CCCCC1C(=O)O.CC(C)CCCNC(=O)c1c(F)c(F)c(F)c(F)c1C(=O)O.CC(C)CCCNC(=O)c1ccc(C(=O)O)cc1.CC(C)CCCNC(=O)c1cccc(C(=O)O)c1.CC(C)COC(C)(C)C.CC(C)c1ccccc1. The number of carbonyl (C=O) groups is 11. The fourth-order valence-corrected chi connectivity index (χ4v) is 12.3. The minimum atomic E-state index is -2.27. The van der Waals surface area contributed by atoms with Crippen LogP contribution in [0, 0.1) is 99.7 Å². The van der Waals surface area contributed by atoms with E-state index < -0.39 is 76.1 Å². The standard InChI is InChI=1S/C14H15F4NO3.C14H19NO3.C14H25NO3.C14H19NO3.C14H25NO3.C9H19NO.C9H12.C8H18O.C7H16/c1-6(2)4-3-5-19-13(20)7-8(14(21)22)10(16)12(18)11(17)9(7)15;1-10(2)5-4-8-15-13(16)11-6-3-7-12(9-11)14(17)18;2*1-10(2)4-3-9-15-13(16)11-5-7-12(8-6-11)14(17)18;1-10(2)6-5-9-15-13(16)11-7-3-4-8-12(11)14(17)18;1-8(2)6-4-5-7-10-9(3)11;1-8(2)9-6-4-3-5-7-9;1-7(2)6-9-8(3,4)5;1-6(2)7(3,4)5/h6H,3-5H2,1-2H3,(H,19,20)(H,21,22);3,6-7,9-10H,4-5,8H2,1-2H3,(H,15,16)(H,17,18);10-12H,3-9H2,1-2H3,(H,15,16)(H,17,18);5-8,10H,3-4,9H2,1-2H3,(H,15,16)(H,17,18);10-12H,3-9H2,1-2H3,(H,15,16)(H,17,18);8H,4-7H2,1-3H3,(H,10,11);3-8H,1-2H3;7H,6H2,1-5H3;6H,1-5H3. The minimum Gasteiger partial charge on any atom is -0.481 e. The highest BCUT2D eigenvalue weighted by Gasteiger charge is 2.36. The lowest BCUT2D eigenvalue weighted by molar-refractivity contribution is -0.149. The van der Waals surface area contributed by atoms with Gasteiger partial charge in [-0.15, -0.1) is 0 Å². The number of carbonyl (C=O) groups excluding carboxylic acids is 6. The number of ether oxygens (including phenoxy) is 1. The molecule has 2 aliphatic carbocycles. The Balaban J connectivity index is -0.00000142. The van der Waals surface area contributed by atoms with Gasteiger partial charge in [0.15, 0.2) is 23.3 Å². The number of nitrogens with one attached hydrogen (secondary N) is 6. The van der Waals surface area contributed by atoms with Crippen molar-refractivity contribution in [3.8, 4) is 0 Å². The average Bonchev–Trinajstić information content (AvgIpc) is 0.773. The predicted molar refractivity (Wildman–Crippen MR) is 512 cm³/mol. The van der Waals surface area contributed by atoms with Gasteiger partial charge >= 0.3 is 29.8 Å². The van der Waals surface area contributed by atoms with Crippen molar-refractivity contribution in [1.29, 1.82) is 0 Å². The van der Waals surface area contributed by atoms with E-state index in [1.54, 1.807) is 19.1 Å². The van der Waals surface area contributed by atoms with Gasteiger partial charge < -0.3 is 62.2 Å². The molecule has 0 spiro atoms. The van der Waals surface area contributed by atoms with Crippen molar-refractivity contribution in [2.45, 2.75) is 319 Å². The fraction of sp³-hybridized carbons (Fsp3) is 0.660. The van der Waals surface area contributed by atoms with Crippen LogP contribution in [0.5, 0.6) is 0 Å². The number of aromatic carboxylic acids is 3. The summed E-state index contributed by atoms with van der Waals surface area (Å²) in [6, 6.07) is 22.5. The molecule has 2 unspecified atom stereocenters. The van der Waals surface area contributed by atoms with Crippen LogP contribution in [0.15, 0.2) is 78.9 Å². The Kier molecular flexibility index (Phi) is 66.8. The summed E-state index contributed by atoms with van der Waals surface area (Å²) in [5, 5.41) is 60.8. The number of unbranched alkanes of at least 4 members (excludes halogenated alkanes) is 1. The quantitative estimate of drug-likeness (QED) is 0.00859. The highest BCUT2D eigenvalue weighted by atomic mass is 19.2. The number of benzene rings is 4. The molecule has 11 N–H and O–H groups in total. The molecule has 0 saturated heterocycles. The van der Waals surface area contributed by atoms with Crippen LogP contribution in [0.2, 0.25) is 0 Å². The lowest BCUT2D eigenvalue weighted by Gasteiger charge is -2.27. The number of carboxylic acids is 5. The number of halogens is 4. The molecule has 0 aliphatic heterocycles. The second-order valence-corrected chi connectivity index (χ2v) is 39.1. The van der Waals surface area contributed by atoms with Gasteiger partial charge in [0.05, 0.1) is 40.0 Å². The molecule has 740 valence electrons. The first-order valence-corrected chi connectivity index (χ1v) is 47.1. The van der Waals surface area contributed by atoms with Gasteiger partial charge in [-0.05, 0) is 237 Å². The second kappa shape index (κ2) is 69.6. The molecule has 0 aromatic heterocycles. The van der Waals surface area contributed by atoms with Crippen LogP contribution in [-0.2, 0) is 28.7 Å². The third kappa shape index (κ3) is 62.1. The van der Waals surface area contributed by atoms with E-state index in [0.717, 1.165) is 109 Å². The van der Waals surface area contributed by atoms with Crippen LogP contribution in [-0.4, -0.2) is 142 Å². The zero-order valence-corrected chi connectivity index (χ0v) is 83.5. The first-order chi connectivity index (χ1) is 60.5. The van der Waals surface area contributed by atoms with Gasteiger partial charge in [-0.2, -0.15) is 0 Å². The van der Waals surface area contributed by atoms with E-state index >= 15 is 0 Å². The van der Waals surface area contributed by atoms with Crippen molar-refractivity contribution in [2.24, 2.45) is 76.4 Å². The fourth-order valence-electron chi connectivity index (χ4n) is 12.3. The minimum absolute atomic E-state index is 0.0275. The molecule has 2 aliphatic rings. The first kappa shape index (κ1) is 125. The van der Waals surface area contributed by atoms with E-state index in [1.165, 1.54) is 54.8 Å². The number of hydrogen-bond donors (Lipinski definition) is 11. The smallest absolute Gasteiger partial charge is 0.339 e. The van der Waals surface area contributed by atoms with Gasteiger partial charge in [-0.25, -0.2) is 31.9 Å². The topological polar surface area (TPSA) is 370 Å². The van der Waals surface area contributed by atoms with Crippen molar-refractivity contribution in [3.05, 3.63) is 141 Å². The molecule has 0 bridgehead atoms. The lowest BCUT2D eigenvalue weighted by Crippen LogP contribution is -2.40. The van der Waals surface area contributed by atoms with E-state index in [0.29, 0.717) is 123 Å². The highest BCUT2D eigenvalue weighted by Crippen LogP contribution is 2.32. The maximum atomic E-state index is 13.6. The Labute approximate surface area is 776 Å². The Morgan fingerprint density at radius 1 is 0.362 bits per heavy atom. The van der Waals surface area contributed by atoms with Crippen molar-refractivity contribution >= 4 is 65.3 Å². The zero-order valence-electron chi connectivity index (χ0n) is 83.5. The van der Waals surface area contributed by atoms with Crippen molar-refractivity contribution < 1.29 is 101 Å². The maximum absolute atomic E-state index is 13.6. The first-order valence-electron chi connectivity index (χ1n) is 47.1. The summed E-state index contributed by atoms with van der Waals surface area (Å²) in [6.45, 7) is 57.8. The molecular formula is C103H168F4N6O17. The zero-order chi connectivity index (χ0) is 100. The van der Waals surface area contributed by atoms with Gasteiger partial charge in [0.2, 0.25) is 17.7 Å². The normalized spacial score (nSPS) is 14.5. The molecule has 2 fully saturated rings. The Morgan fingerprint density at radius 3 is 1.08 bits per heavy atom. The van der Waals surface area contributed by atoms with Crippen molar-refractivity contribution in [2.75, 3.05) is 45.9 Å². The van der Waals surface area contributed by atoms with Gasteiger partial charge in [0.25, 0.3) is 17.7 Å².